The molecule has 0 aromatic rings. The molecule has 0 radical (unpaired) electrons. The minimum absolute atomic E-state index is 0. The molecule has 62 valence electrons. The molecule has 5 nitrogen and oxygen atoms in total. The van der Waals surface area contributed by atoms with Crippen molar-refractivity contribution in [1.29, 1.82) is 0 Å². The van der Waals surface area contributed by atoms with Crippen molar-refractivity contribution in [2.75, 3.05) is 7.05 Å². The smallest absolute Gasteiger partial charge is 0.275 e. The number of carbonyl (C=O) groups is 2. The summed E-state index contributed by atoms with van der Waals surface area (Å²) in [4.78, 5) is 18.7. The van der Waals surface area contributed by atoms with Gasteiger partial charge < -0.3 is 17.2 Å². The summed E-state index contributed by atoms with van der Waals surface area (Å²) in [5.41, 5.74) is 4.34. The van der Waals surface area contributed by atoms with E-state index in [0.29, 0.717) is 0 Å². The molecule has 0 aliphatic carbocycles. The molecular formula is C3H11N3O2S2. The molecule has 7 heteroatoms. The molecule has 0 unspecified atom stereocenters. The summed E-state index contributed by atoms with van der Waals surface area (Å²) < 4.78 is 0. The number of hydrogen-bond acceptors (Lipinski definition) is 3. The molecule has 0 heterocycles. The largest absolute Gasteiger partial charge is 0.361 e. The van der Waals surface area contributed by atoms with E-state index in [1.807, 2.05) is 0 Å². The van der Waals surface area contributed by atoms with E-state index >= 15 is 0 Å². The average Bonchev–Trinajstić information content (AvgIpc) is 1.65. The molecule has 0 bridgehead atoms. The van der Waals surface area contributed by atoms with Crippen LogP contribution in [-0.4, -0.2) is 17.5 Å². The first-order valence-corrected chi connectivity index (χ1v) is 2.79. The lowest BCUT2D eigenvalue weighted by Crippen LogP contribution is -2.06. The number of carbonyl (C=O) groups excluding carboxylic acids is 2. The SMILES string of the molecule is CNC(=O)S.N.NC(=O)S. The number of nitrogens with two attached hydrogens (primary N) is 1. The maximum Gasteiger partial charge on any atom is 0.275 e. The van der Waals surface area contributed by atoms with Crippen LogP contribution in [0, 0.1) is 0 Å². The fraction of sp³-hybridized carbons (Fsp3) is 0.333. The molecule has 0 saturated carbocycles. The van der Waals surface area contributed by atoms with Crippen LogP contribution in [0.5, 0.6) is 0 Å². The topological polar surface area (TPSA) is 107 Å². The number of primary amides is 1. The molecule has 0 aliphatic rings. The van der Waals surface area contributed by atoms with Crippen molar-refractivity contribution >= 4 is 35.7 Å². The molecule has 0 spiro atoms. The molecule has 0 atom stereocenters. The molecule has 0 aliphatic heterocycles. The van der Waals surface area contributed by atoms with Crippen molar-refractivity contribution in [3.8, 4) is 0 Å². The number of hydrogen-bond donors (Lipinski definition) is 5. The molecule has 10 heavy (non-hydrogen) atoms. The Kier molecular flexibility index (Phi) is 18.6. The molecule has 0 fully saturated rings. The van der Waals surface area contributed by atoms with Gasteiger partial charge in [-0.15, -0.1) is 0 Å². The zero-order valence-corrected chi connectivity index (χ0v) is 7.28. The molecule has 0 aromatic heterocycles. The highest BCUT2D eigenvalue weighted by Gasteiger charge is 1.74. The van der Waals surface area contributed by atoms with Gasteiger partial charge in [-0.3, -0.25) is 9.59 Å². The van der Waals surface area contributed by atoms with Gasteiger partial charge >= 0.3 is 0 Å². The van der Waals surface area contributed by atoms with Crippen LogP contribution in [0.4, 0.5) is 9.59 Å². The Bertz CT molecular complexity index is 104. The molecule has 2 amide bonds. The number of amides is 2. The van der Waals surface area contributed by atoms with Gasteiger partial charge in [0, 0.05) is 7.05 Å². The minimum atomic E-state index is -0.639. The Morgan fingerprint density at radius 3 is 1.50 bits per heavy atom. The monoisotopic (exact) mass is 185 g/mol. The highest BCUT2D eigenvalue weighted by atomic mass is 32.1. The van der Waals surface area contributed by atoms with E-state index in [0.717, 1.165) is 0 Å². The highest BCUT2D eigenvalue weighted by molar-refractivity contribution is 7.96. The van der Waals surface area contributed by atoms with Gasteiger partial charge in [0.2, 0.25) is 0 Å². The van der Waals surface area contributed by atoms with Gasteiger partial charge in [0.05, 0.1) is 0 Å². The summed E-state index contributed by atoms with van der Waals surface area (Å²) >= 11 is 6.45. The van der Waals surface area contributed by atoms with Crippen LogP contribution >= 0.6 is 25.3 Å². The van der Waals surface area contributed by atoms with Gasteiger partial charge in [-0.2, -0.15) is 0 Å². The summed E-state index contributed by atoms with van der Waals surface area (Å²) in [6.07, 6.45) is 0. The van der Waals surface area contributed by atoms with Crippen LogP contribution in [0.2, 0.25) is 0 Å². The van der Waals surface area contributed by atoms with Crippen molar-refractivity contribution in [3.05, 3.63) is 0 Å². The normalized spacial score (nSPS) is 5.90. The Balaban J connectivity index is -0.0000000910. The summed E-state index contributed by atoms with van der Waals surface area (Å²) in [5, 5.41) is 1.31. The Labute approximate surface area is 70.1 Å². The lowest BCUT2D eigenvalue weighted by atomic mass is 11.2. The Morgan fingerprint density at radius 2 is 1.50 bits per heavy atom. The first kappa shape index (κ1) is 16.3. The van der Waals surface area contributed by atoms with Crippen molar-refractivity contribution in [1.82, 2.24) is 11.5 Å². The summed E-state index contributed by atoms with van der Waals surface area (Å²) in [6.45, 7) is 0. The third-order valence-corrected chi connectivity index (χ3v) is 0.437. The van der Waals surface area contributed by atoms with Crippen molar-refractivity contribution in [2.24, 2.45) is 5.73 Å². The fourth-order valence-corrected chi connectivity index (χ4v) is 0. The second kappa shape index (κ2) is 11.4. The van der Waals surface area contributed by atoms with Crippen LogP contribution in [0.25, 0.3) is 0 Å². The average molecular weight is 185 g/mol. The molecular weight excluding hydrogens is 174 g/mol. The molecule has 6 N–H and O–H groups in total. The Hall–Kier alpha value is -0.400. The lowest BCUT2D eigenvalue weighted by molar-refractivity contribution is 0.262. The highest BCUT2D eigenvalue weighted by Crippen LogP contribution is 1.67. The van der Waals surface area contributed by atoms with Crippen molar-refractivity contribution in [2.45, 2.75) is 0 Å². The van der Waals surface area contributed by atoms with E-state index in [-0.39, 0.29) is 11.4 Å². The fourth-order valence-electron chi connectivity index (χ4n) is 0. The Morgan fingerprint density at radius 1 is 1.40 bits per heavy atom. The second-order valence-electron chi connectivity index (χ2n) is 0.893. The van der Waals surface area contributed by atoms with Gasteiger partial charge in [-0.25, -0.2) is 0 Å². The quantitative estimate of drug-likeness (QED) is 0.353. The summed E-state index contributed by atoms with van der Waals surface area (Å²) in [5.74, 6) is 0. The number of thiol groups is 2. The van der Waals surface area contributed by atoms with Crippen molar-refractivity contribution < 1.29 is 9.59 Å². The predicted molar refractivity (Wildman–Crippen MR) is 47.0 cm³/mol. The van der Waals surface area contributed by atoms with Crippen molar-refractivity contribution in [3.63, 3.8) is 0 Å². The first-order valence-electron chi connectivity index (χ1n) is 1.89. The van der Waals surface area contributed by atoms with Crippen LogP contribution < -0.4 is 17.2 Å². The van der Waals surface area contributed by atoms with Gasteiger partial charge in [0.1, 0.15) is 0 Å². The third kappa shape index (κ3) is 129. The zero-order chi connectivity index (χ0) is 7.86. The molecule has 0 aromatic carbocycles. The lowest BCUT2D eigenvalue weighted by Gasteiger charge is -1.78. The van der Waals surface area contributed by atoms with E-state index < -0.39 is 5.24 Å². The maximum absolute atomic E-state index is 9.57. The summed E-state index contributed by atoms with van der Waals surface area (Å²) in [6, 6.07) is 0. The van der Waals surface area contributed by atoms with Crippen LogP contribution in [0.1, 0.15) is 0 Å². The second-order valence-corrected chi connectivity index (χ2v) is 1.74. The zero-order valence-electron chi connectivity index (χ0n) is 5.50. The standard InChI is InChI=1S/C2H5NOS.CH3NOS.H3N/c1-3-2(4)5;2-1(3)4;/h1H3,(H2,3,4,5);(H3,2,3,4);1H3. The summed E-state index contributed by atoms with van der Waals surface area (Å²) in [7, 11) is 1.52. The van der Waals surface area contributed by atoms with Gasteiger partial charge in [0.15, 0.2) is 0 Å². The first-order chi connectivity index (χ1) is 4.00. The third-order valence-electron chi connectivity index (χ3n) is 0.214. The van der Waals surface area contributed by atoms with Gasteiger partial charge in [0.25, 0.3) is 10.5 Å². The van der Waals surface area contributed by atoms with E-state index in [2.05, 4.69) is 36.3 Å². The minimum Gasteiger partial charge on any atom is -0.361 e. The van der Waals surface area contributed by atoms with Crippen LogP contribution in [0.3, 0.4) is 0 Å². The predicted octanol–water partition coefficient (Wildman–Crippen LogP) is 0.413. The van der Waals surface area contributed by atoms with Crippen LogP contribution in [0.15, 0.2) is 0 Å². The number of nitrogens with one attached hydrogen (secondary N) is 1. The number of rotatable bonds is 0. The van der Waals surface area contributed by atoms with Gasteiger partial charge in [-0.05, 0) is 0 Å². The molecule has 0 rings (SSSR count). The van der Waals surface area contributed by atoms with E-state index in [9.17, 15) is 4.79 Å². The molecule has 0 saturated heterocycles. The van der Waals surface area contributed by atoms with Gasteiger partial charge in [-0.1, -0.05) is 25.3 Å². The van der Waals surface area contributed by atoms with Crippen LogP contribution in [-0.2, 0) is 0 Å². The van der Waals surface area contributed by atoms with E-state index in [1.165, 1.54) is 7.05 Å². The van der Waals surface area contributed by atoms with E-state index in [1.54, 1.807) is 0 Å². The van der Waals surface area contributed by atoms with E-state index in [4.69, 9.17) is 4.79 Å². The maximum atomic E-state index is 9.57.